The molecule has 3 rings (SSSR count). The van der Waals surface area contributed by atoms with Crippen molar-refractivity contribution in [3.63, 3.8) is 0 Å². The molecule has 3 aromatic carbocycles. The van der Waals surface area contributed by atoms with E-state index >= 15 is 0 Å². The Kier molecular flexibility index (Phi) is 8.66. The highest BCUT2D eigenvalue weighted by Crippen LogP contribution is 2.38. The Morgan fingerprint density at radius 2 is 1.94 bits per heavy atom. The maximum Gasteiger partial charge on any atom is 0.269 e. The predicted octanol–water partition coefficient (Wildman–Crippen LogP) is 6.39. The van der Waals surface area contributed by atoms with Crippen LogP contribution in [0.1, 0.15) is 29.2 Å². The standard InChI is InChI=1S/C27H24ClN3O5/c1-4-35-25-14-20(11-21(15-29)27(32)30-24-9-8-17(2)10-18(24)3)13-23(28)26(25)36-16-19-6-5-7-22(12-19)31(33)34/h5-14H,4,16H2,1-3H3,(H,30,32)/b21-11+. The Morgan fingerprint density at radius 1 is 1.17 bits per heavy atom. The minimum Gasteiger partial charge on any atom is -0.490 e. The van der Waals surface area contributed by atoms with Gasteiger partial charge in [-0.2, -0.15) is 5.26 Å². The van der Waals surface area contributed by atoms with E-state index in [0.29, 0.717) is 29.2 Å². The van der Waals surface area contributed by atoms with Crippen molar-refractivity contribution >= 4 is 35.0 Å². The molecule has 0 unspecified atom stereocenters. The van der Waals surface area contributed by atoms with Crippen LogP contribution in [0.3, 0.4) is 0 Å². The highest BCUT2D eigenvalue weighted by Gasteiger charge is 2.16. The van der Waals surface area contributed by atoms with Crippen molar-refractivity contribution < 1.29 is 19.2 Å². The van der Waals surface area contributed by atoms with Gasteiger partial charge in [0.25, 0.3) is 11.6 Å². The molecule has 0 spiro atoms. The molecule has 0 aromatic heterocycles. The molecule has 0 atom stereocenters. The van der Waals surface area contributed by atoms with Gasteiger partial charge in [-0.25, -0.2) is 0 Å². The van der Waals surface area contributed by atoms with Crippen LogP contribution in [0.4, 0.5) is 11.4 Å². The molecule has 0 aliphatic heterocycles. The van der Waals surface area contributed by atoms with Gasteiger partial charge >= 0.3 is 0 Å². The molecule has 0 saturated carbocycles. The summed E-state index contributed by atoms with van der Waals surface area (Å²) in [5.41, 5.74) is 3.46. The van der Waals surface area contributed by atoms with Crippen LogP contribution in [-0.4, -0.2) is 17.4 Å². The first-order valence-corrected chi connectivity index (χ1v) is 11.4. The number of halogens is 1. The van der Waals surface area contributed by atoms with Gasteiger partial charge in [0.15, 0.2) is 11.5 Å². The average Bonchev–Trinajstić information content (AvgIpc) is 2.84. The van der Waals surface area contributed by atoms with Crippen LogP contribution in [-0.2, 0) is 11.4 Å². The summed E-state index contributed by atoms with van der Waals surface area (Å²) in [5, 5.41) is 23.6. The highest BCUT2D eigenvalue weighted by atomic mass is 35.5. The van der Waals surface area contributed by atoms with E-state index in [9.17, 15) is 20.2 Å². The minimum atomic E-state index is -0.551. The number of nitriles is 1. The van der Waals surface area contributed by atoms with E-state index < -0.39 is 10.8 Å². The second kappa shape index (κ2) is 11.9. The van der Waals surface area contributed by atoms with E-state index in [-0.39, 0.29) is 28.6 Å². The van der Waals surface area contributed by atoms with Gasteiger partial charge in [-0.15, -0.1) is 0 Å². The monoisotopic (exact) mass is 505 g/mol. The molecule has 8 nitrogen and oxygen atoms in total. The Balaban J connectivity index is 1.85. The lowest BCUT2D eigenvalue weighted by Crippen LogP contribution is -2.14. The third-order valence-corrected chi connectivity index (χ3v) is 5.42. The Hall–Kier alpha value is -4.35. The summed E-state index contributed by atoms with van der Waals surface area (Å²) in [4.78, 5) is 23.3. The number of nitro benzene ring substituents is 1. The maximum atomic E-state index is 12.7. The summed E-state index contributed by atoms with van der Waals surface area (Å²) >= 11 is 6.46. The number of hydrogen-bond acceptors (Lipinski definition) is 6. The van der Waals surface area contributed by atoms with Crippen molar-refractivity contribution in [3.8, 4) is 17.6 Å². The van der Waals surface area contributed by atoms with E-state index in [1.54, 1.807) is 37.3 Å². The molecule has 0 heterocycles. The van der Waals surface area contributed by atoms with Crippen LogP contribution in [0.15, 0.2) is 60.2 Å². The number of benzene rings is 3. The van der Waals surface area contributed by atoms with Gasteiger partial charge in [-0.05, 0) is 61.7 Å². The smallest absolute Gasteiger partial charge is 0.269 e. The lowest BCUT2D eigenvalue weighted by atomic mass is 10.1. The van der Waals surface area contributed by atoms with Gasteiger partial charge in [0.05, 0.1) is 16.6 Å². The average molecular weight is 506 g/mol. The molecule has 3 aromatic rings. The summed E-state index contributed by atoms with van der Waals surface area (Å²) in [7, 11) is 0. The van der Waals surface area contributed by atoms with Crippen molar-refractivity contribution in [2.45, 2.75) is 27.4 Å². The second-order valence-electron chi connectivity index (χ2n) is 7.92. The molecule has 0 bridgehead atoms. The molecule has 36 heavy (non-hydrogen) atoms. The fourth-order valence-corrected chi connectivity index (χ4v) is 3.72. The third kappa shape index (κ3) is 6.62. The summed E-state index contributed by atoms with van der Waals surface area (Å²) in [6.07, 6.45) is 1.41. The molecule has 0 aliphatic rings. The number of carbonyl (C=O) groups is 1. The molecule has 0 radical (unpaired) electrons. The fraction of sp³-hybridized carbons (Fsp3) is 0.185. The molecule has 1 amide bonds. The van der Waals surface area contributed by atoms with Crippen LogP contribution < -0.4 is 14.8 Å². The van der Waals surface area contributed by atoms with Crippen molar-refractivity contribution in [3.05, 3.63) is 97.6 Å². The Bertz CT molecular complexity index is 1380. The number of non-ortho nitro benzene ring substituents is 1. The second-order valence-corrected chi connectivity index (χ2v) is 8.33. The van der Waals surface area contributed by atoms with Gasteiger partial charge in [0, 0.05) is 17.8 Å². The number of nitrogens with one attached hydrogen (secondary N) is 1. The van der Waals surface area contributed by atoms with E-state index in [4.69, 9.17) is 21.1 Å². The number of rotatable bonds is 9. The predicted molar refractivity (Wildman–Crippen MR) is 138 cm³/mol. The lowest BCUT2D eigenvalue weighted by Gasteiger charge is -2.15. The molecule has 9 heteroatoms. The number of hydrogen-bond donors (Lipinski definition) is 1. The number of anilines is 1. The molecule has 1 N–H and O–H groups in total. The zero-order valence-corrected chi connectivity index (χ0v) is 20.8. The van der Waals surface area contributed by atoms with Crippen molar-refractivity contribution in [2.75, 3.05) is 11.9 Å². The fourth-order valence-electron chi connectivity index (χ4n) is 3.45. The van der Waals surface area contributed by atoms with E-state index in [1.807, 2.05) is 32.0 Å². The number of aryl methyl sites for hydroxylation is 2. The lowest BCUT2D eigenvalue weighted by molar-refractivity contribution is -0.384. The van der Waals surface area contributed by atoms with E-state index in [0.717, 1.165) is 11.1 Å². The minimum absolute atomic E-state index is 0.0262. The zero-order chi connectivity index (χ0) is 26.2. The summed E-state index contributed by atoms with van der Waals surface area (Å²) in [5.74, 6) is 0.0127. The van der Waals surface area contributed by atoms with Crippen molar-refractivity contribution in [1.82, 2.24) is 0 Å². The van der Waals surface area contributed by atoms with Gasteiger partial charge in [0.1, 0.15) is 18.2 Å². The first-order chi connectivity index (χ1) is 17.2. The molecule has 0 saturated heterocycles. The summed E-state index contributed by atoms with van der Waals surface area (Å²) < 4.78 is 11.5. The number of amides is 1. The van der Waals surface area contributed by atoms with Gasteiger partial charge < -0.3 is 14.8 Å². The topological polar surface area (TPSA) is 114 Å². The third-order valence-electron chi connectivity index (χ3n) is 5.14. The first kappa shape index (κ1) is 26.3. The maximum absolute atomic E-state index is 12.7. The van der Waals surface area contributed by atoms with E-state index in [2.05, 4.69) is 5.32 Å². The molecule has 0 fully saturated rings. The Labute approximate surface area is 213 Å². The normalized spacial score (nSPS) is 10.9. The van der Waals surface area contributed by atoms with Crippen LogP contribution in [0.2, 0.25) is 5.02 Å². The van der Waals surface area contributed by atoms with Crippen LogP contribution in [0.25, 0.3) is 6.08 Å². The van der Waals surface area contributed by atoms with Gasteiger partial charge in [0.2, 0.25) is 0 Å². The van der Waals surface area contributed by atoms with Gasteiger partial charge in [-0.1, -0.05) is 41.4 Å². The molecular weight excluding hydrogens is 482 g/mol. The van der Waals surface area contributed by atoms with Gasteiger partial charge in [-0.3, -0.25) is 14.9 Å². The van der Waals surface area contributed by atoms with Crippen LogP contribution in [0.5, 0.6) is 11.5 Å². The largest absolute Gasteiger partial charge is 0.490 e. The molecule has 0 aliphatic carbocycles. The number of nitrogens with zero attached hydrogens (tertiary/aromatic N) is 2. The number of carbonyl (C=O) groups excluding carboxylic acids is 1. The Morgan fingerprint density at radius 3 is 2.61 bits per heavy atom. The van der Waals surface area contributed by atoms with Crippen molar-refractivity contribution in [2.24, 2.45) is 0 Å². The summed E-state index contributed by atoms with van der Waals surface area (Å²) in [6, 6.07) is 16.8. The zero-order valence-electron chi connectivity index (χ0n) is 20.0. The van der Waals surface area contributed by atoms with E-state index in [1.165, 1.54) is 18.2 Å². The highest BCUT2D eigenvalue weighted by molar-refractivity contribution is 6.32. The summed E-state index contributed by atoms with van der Waals surface area (Å²) in [6.45, 7) is 5.96. The molecular formula is C27H24ClN3O5. The quantitative estimate of drug-likeness (QED) is 0.156. The van der Waals surface area contributed by atoms with Crippen LogP contribution >= 0.6 is 11.6 Å². The first-order valence-electron chi connectivity index (χ1n) is 11.0. The van der Waals surface area contributed by atoms with Crippen molar-refractivity contribution in [1.29, 1.82) is 5.26 Å². The number of nitro groups is 1. The number of ether oxygens (including phenoxy) is 2. The SMILES string of the molecule is CCOc1cc(/C=C(\C#N)C(=O)Nc2ccc(C)cc2C)cc(Cl)c1OCc1cccc([N+](=O)[O-])c1. The molecule has 184 valence electrons. The van der Waals surface area contributed by atoms with Crippen LogP contribution in [0, 0.1) is 35.3 Å².